The van der Waals surface area contributed by atoms with Crippen molar-refractivity contribution in [3.05, 3.63) is 48.3 Å². The zero-order chi connectivity index (χ0) is 25.8. The van der Waals surface area contributed by atoms with E-state index in [4.69, 9.17) is 0 Å². The maximum atomic E-state index is 12.7. The highest BCUT2D eigenvalue weighted by molar-refractivity contribution is 5.92. The fraction of sp³-hybridized carbons (Fsp3) is 0.586. The number of hydrogen-bond donors (Lipinski definition) is 2. The minimum Gasteiger partial charge on any atom is -0.354 e. The second kappa shape index (κ2) is 8.99. The number of amides is 3. The molecule has 8 nitrogen and oxygen atoms in total. The molecule has 37 heavy (non-hydrogen) atoms. The van der Waals surface area contributed by atoms with Crippen LogP contribution in [0.25, 0.3) is 5.70 Å². The molecule has 1 aromatic rings. The summed E-state index contributed by atoms with van der Waals surface area (Å²) in [6, 6.07) is 0.169. The van der Waals surface area contributed by atoms with Crippen molar-refractivity contribution in [3.63, 3.8) is 0 Å². The maximum absolute atomic E-state index is 12.7. The Balaban J connectivity index is 1.17. The summed E-state index contributed by atoms with van der Waals surface area (Å²) in [6.45, 7) is 5.45. The molecule has 1 aromatic heterocycles. The monoisotopic (exact) mass is 502 g/mol. The van der Waals surface area contributed by atoms with Crippen molar-refractivity contribution < 1.29 is 9.59 Å². The number of aromatic nitrogens is 2. The first-order chi connectivity index (χ1) is 17.8. The zero-order valence-corrected chi connectivity index (χ0v) is 22.1. The summed E-state index contributed by atoms with van der Waals surface area (Å²) >= 11 is 0. The first kappa shape index (κ1) is 24.2. The Bertz CT molecular complexity index is 1230. The Morgan fingerprint density at radius 1 is 1.08 bits per heavy atom. The summed E-state index contributed by atoms with van der Waals surface area (Å²) in [5.41, 5.74) is 3.64. The van der Waals surface area contributed by atoms with E-state index in [1.807, 2.05) is 6.20 Å². The van der Waals surface area contributed by atoms with Gasteiger partial charge in [-0.3, -0.25) is 14.7 Å². The summed E-state index contributed by atoms with van der Waals surface area (Å²) in [6.07, 6.45) is 21.5. The molecule has 0 bridgehead atoms. The van der Waals surface area contributed by atoms with Crippen LogP contribution in [0.5, 0.6) is 0 Å². The van der Waals surface area contributed by atoms with Gasteiger partial charge in [-0.05, 0) is 68.1 Å². The van der Waals surface area contributed by atoms with E-state index in [9.17, 15) is 9.59 Å². The Hall–Kier alpha value is -3.16. The van der Waals surface area contributed by atoms with Gasteiger partial charge in [0.05, 0.1) is 12.9 Å². The molecular formula is C29H38N6O2. The van der Waals surface area contributed by atoms with Crippen LogP contribution in [-0.4, -0.2) is 52.2 Å². The van der Waals surface area contributed by atoms with Crippen molar-refractivity contribution in [1.29, 1.82) is 0 Å². The van der Waals surface area contributed by atoms with Crippen LogP contribution >= 0.6 is 0 Å². The molecular weight excluding hydrogens is 464 g/mol. The highest BCUT2D eigenvalue weighted by Gasteiger charge is 2.57. The Morgan fingerprint density at radius 3 is 2.70 bits per heavy atom. The molecule has 3 amide bonds. The van der Waals surface area contributed by atoms with Gasteiger partial charge in [-0.15, -0.1) is 0 Å². The van der Waals surface area contributed by atoms with Crippen molar-refractivity contribution in [1.82, 2.24) is 25.1 Å². The molecule has 8 heteroatoms. The van der Waals surface area contributed by atoms with Crippen molar-refractivity contribution >= 4 is 23.8 Å². The van der Waals surface area contributed by atoms with Gasteiger partial charge in [-0.1, -0.05) is 31.6 Å². The molecule has 6 atom stereocenters. The van der Waals surface area contributed by atoms with Crippen molar-refractivity contribution in [2.75, 3.05) is 13.6 Å². The Kier molecular flexibility index (Phi) is 5.88. The third kappa shape index (κ3) is 3.87. The highest BCUT2D eigenvalue weighted by atomic mass is 16.2. The fourth-order valence-electron chi connectivity index (χ4n) is 8.21. The number of carbonyl (C=O) groups is 2. The smallest absolute Gasteiger partial charge is 0.322 e. The van der Waals surface area contributed by atoms with Gasteiger partial charge in [0.2, 0.25) is 0 Å². The number of imidazole rings is 1. The molecule has 4 aliphatic carbocycles. The molecule has 5 aliphatic rings. The average Bonchev–Trinajstić information content (AvgIpc) is 3.53. The molecule has 1 aliphatic heterocycles. The van der Waals surface area contributed by atoms with Crippen LogP contribution in [0.1, 0.15) is 69.3 Å². The SMILES string of the molecule is CNC(=O)c1cn(C2=CCC3C4CC=C5C[C@@H](NC(=O)N6C=CN=CC6)CC[C@]5(C)C4CC[C@]23C)cn1. The van der Waals surface area contributed by atoms with Gasteiger partial charge in [0.15, 0.2) is 0 Å². The molecule has 2 fully saturated rings. The van der Waals surface area contributed by atoms with Crippen LogP contribution in [0.3, 0.4) is 0 Å². The number of allylic oxidation sites excluding steroid dienone is 3. The lowest BCUT2D eigenvalue weighted by molar-refractivity contribution is -0.0135. The average molecular weight is 503 g/mol. The van der Waals surface area contributed by atoms with Crippen molar-refractivity contribution in [2.24, 2.45) is 33.6 Å². The minimum atomic E-state index is -0.145. The first-order valence-corrected chi connectivity index (χ1v) is 13.8. The molecule has 0 radical (unpaired) electrons. The van der Waals surface area contributed by atoms with Crippen LogP contribution < -0.4 is 10.6 Å². The van der Waals surface area contributed by atoms with Gasteiger partial charge in [0.1, 0.15) is 5.69 Å². The van der Waals surface area contributed by atoms with E-state index in [0.29, 0.717) is 30.0 Å². The predicted octanol–water partition coefficient (Wildman–Crippen LogP) is 4.59. The lowest BCUT2D eigenvalue weighted by Gasteiger charge is -2.58. The predicted molar refractivity (Wildman–Crippen MR) is 144 cm³/mol. The van der Waals surface area contributed by atoms with Gasteiger partial charge < -0.3 is 15.2 Å². The lowest BCUT2D eigenvalue weighted by atomic mass is 9.47. The van der Waals surface area contributed by atoms with Gasteiger partial charge in [-0.25, -0.2) is 9.78 Å². The number of fused-ring (bicyclic) bond motifs is 5. The molecule has 2 saturated carbocycles. The van der Waals surface area contributed by atoms with E-state index in [-0.39, 0.29) is 28.8 Å². The summed E-state index contributed by atoms with van der Waals surface area (Å²) in [5.74, 6) is 1.80. The zero-order valence-electron chi connectivity index (χ0n) is 22.1. The second-order valence-electron chi connectivity index (χ2n) is 12.0. The van der Waals surface area contributed by atoms with Gasteiger partial charge in [0.25, 0.3) is 5.91 Å². The Labute approximate surface area is 219 Å². The normalized spacial score (nSPS) is 36.1. The van der Waals surface area contributed by atoms with Crippen LogP contribution in [0.15, 0.2) is 47.6 Å². The van der Waals surface area contributed by atoms with Crippen molar-refractivity contribution in [2.45, 2.75) is 64.8 Å². The number of nitrogens with zero attached hydrogens (tertiary/aromatic N) is 4. The molecule has 6 rings (SSSR count). The maximum Gasteiger partial charge on any atom is 0.322 e. The Morgan fingerprint density at radius 2 is 1.92 bits per heavy atom. The lowest BCUT2D eigenvalue weighted by Crippen LogP contribution is -2.52. The number of rotatable bonds is 3. The summed E-state index contributed by atoms with van der Waals surface area (Å²) < 4.78 is 2.09. The second-order valence-corrected chi connectivity index (χ2v) is 12.0. The third-order valence-corrected chi connectivity index (χ3v) is 10.3. The summed E-state index contributed by atoms with van der Waals surface area (Å²) in [5, 5.41) is 5.95. The standard InChI is InChI=1S/C29H38N6O2/c1-28-10-8-20(33-27(37)34-14-12-31-13-15-34)16-19(28)4-5-21-22-6-7-25(29(22,2)11-9-23(21)28)35-17-24(32-18-35)26(36)30-3/h4,7,12-14,17-18,20-23H,5-6,8-11,15-16H2,1-3H3,(H,30,36)(H,33,37)/t20-,21?,22?,23?,28-,29-/m0/s1. The largest absolute Gasteiger partial charge is 0.354 e. The van der Waals surface area contributed by atoms with E-state index < -0.39 is 0 Å². The third-order valence-electron chi connectivity index (χ3n) is 10.3. The molecule has 0 saturated heterocycles. The number of urea groups is 1. The molecule has 3 unspecified atom stereocenters. The van der Waals surface area contributed by atoms with Crippen LogP contribution in [0.2, 0.25) is 0 Å². The number of hydrogen-bond acceptors (Lipinski definition) is 4. The fourth-order valence-corrected chi connectivity index (χ4v) is 8.21. The molecule has 196 valence electrons. The summed E-state index contributed by atoms with van der Waals surface area (Å²) in [4.78, 5) is 34.9. The molecule has 2 N–H and O–H groups in total. The number of carbonyl (C=O) groups excluding carboxylic acids is 2. The van der Waals surface area contributed by atoms with E-state index in [0.717, 1.165) is 38.5 Å². The van der Waals surface area contributed by atoms with Crippen LogP contribution in [0.4, 0.5) is 4.79 Å². The van der Waals surface area contributed by atoms with Gasteiger partial charge in [-0.2, -0.15) is 0 Å². The van der Waals surface area contributed by atoms with E-state index in [1.165, 1.54) is 12.1 Å². The van der Waals surface area contributed by atoms with Crippen LogP contribution in [0, 0.1) is 28.6 Å². The molecule has 0 spiro atoms. The van der Waals surface area contributed by atoms with Crippen molar-refractivity contribution in [3.8, 4) is 0 Å². The van der Waals surface area contributed by atoms with E-state index in [2.05, 4.69) is 51.2 Å². The first-order valence-electron chi connectivity index (χ1n) is 13.8. The minimum absolute atomic E-state index is 0.0256. The number of nitrogens with one attached hydrogen (secondary N) is 2. The van der Waals surface area contributed by atoms with Gasteiger partial charge in [0, 0.05) is 49.0 Å². The van der Waals surface area contributed by atoms with E-state index >= 15 is 0 Å². The topological polar surface area (TPSA) is 91.6 Å². The molecule has 0 aromatic carbocycles. The molecule has 2 heterocycles. The van der Waals surface area contributed by atoms with E-state index in [1.54, 1.807) is 42.5 Å². The van der Waals surface area contributed by atoms with Crippen LogP contribution in [-0.2, 0) is 0 Å². The summed E-state index contributed by atoms with van der Waals surface area (Å²) in [7, 11) is 1.64. The highest BCUT2D eigenvalue weighted by Crippen LogP contribution is 2.65. The quantitative estimate of drug-likeness (QED) is 0.592. The van der Waals surface area contributed by atoms with Gasteiger partial charge >= 0.3 is 6.03 Å². The number of aliphatic imine (C=N–C) groups is 1.